The van der Waals surface area contributed by atoms with E-state index in [9.17, 15) is 18.0 Å². The van der Waals surface area contributed by atoms with E-state index in [4.69, 9.17) is 16.3 Å². The lowest BCUT2D eigenvalue weighted by molar-refractivity contribution is 0.0600. The highest BCUT2D eigenvalue weighted by molar-refractivity contribution is 7.89. The summed E-state index contributed by atoms with van der Waals surface area (Å²) in [6, 6.07) is 8.54. The Kier molecular flexibility index (Phi) is 7.19. The van der Waals surface area contributed by atoms with Gasteiger partial charge >= 0.3 is 5.97 Å². The summed E-state index contributed by atoms with van der Waals surface area (Å²) >= 11 is 6.01. The van der Waals surface area contributed by atoms with E-state index in [2.05, 4.69) is 10.1 Å². The molecule has 1 fully saturated rings. The van der Waals surface area contributed by atoms with Crippen molar-refractivity contribution in [3.05, 3.63) is 52.5 Å². The smallest absolute Gasteiger partial charge is 0.339 e. The molecule has 1 amide bonds. The van der Waals surface area contributed by atoms with Crippen molar-refractivity contribution >= 4 is 39.2 Å². The predicted octanol–water partition coefficient (Wildman–Crippen LogP) is 3.56. The number of hydrogen-bond donors (Lipinski definition) is 1. The average Bonchev–Trinajstić information content (AvgIpc) is 2.79. The summed E-state index contributed by atoms with van der Waals surface area (Å²) in [5.74, 6) is -1.02. The van der Waals surface area contributed by atoms with Gasteiger partial charge in [0, 0.05) is 18.8 Å². The third-order valence-electron chi connectivity index (χ3n) is 5.00. The second-order valence-corrected chi connectivity index (χ2v) is 9.31. The molecule has 166 valence electrons. The maximum absolute atomic E-state index is 13.0. The van der Waals surface area contributed by atoms with Crippen LogP contribution in [0.1, 0.15) is 40.0 Å². The van der Waals surface area contributed by atoms with Crippen LogP contribution in [0.5, 0.6) is 5.75 Å². The van der Waals surface area contributed by atoms with Crippen molar-refractivity contribution in [1.82, 2.24) is 4.31 Å². The Balaban J connectivity index is 1.92. The van der Waals surface area contributed by atoms with Crippen LogP contribution in [0.3, 0.4) is 0 Å². The molecule has 1 aliphatic heterocycles. The molecular formula is C21H23ClN2O6S. The van der Waals surface area contributed by atoms with E-state index in [1.54, 1.807) is 0 Å². The molecule has 0 bridgehead atoms. The quantitative estimate of drug-likeness (QED) is 0.653. The molecule has 0 saturated carbocycles. The molecule has 2 aromatic rings. The molecule has 1 aliphatic rings. The molecule has 2 aromatic carbocycles. The highest BCUT2D eigenvalue weighted by Crippen LogP contribution is 2.28. The van der Waals surface area contributed by atoms with E-state index >= 15 is 0 Å². The number of amides is 1. The van der Waals surface area contributed by atoms with Crippen LogP contribution in [0.4, 0.5) is 5.69 Å². The first-order valence-corrected chi connectivity index (χ1v) is 11.5. The van der Waals surface area contributed by atoms with Crippen LogP contribution < -0.4 is 10.1 Å². The number of carbonyl (C=O) groups excluding carboxylic acids is 2. The summed E-state index contributed by atoms with van der Waals surface area (Å²) in [6.45, 7) is 0.911. The van der Waals surface area contributed by atoms with E-state index < -0.39 is 21.9 Å². The van der Waals surface area contributed by atoms with E-state index in [1.165, 1.54) is 54.9 Å². The number of esters is 1. The lowest BCUT2D eigenvalue weighted by Crippen LogP contribution is -2.35. The van der Waals surface area contributed by atoms with Crippen molar-refractivity contribution in [3.8, 4) is 5.75 Å². The lowest BCUT2D eigenvalue weighted by atomic mass is 10.1. The molecule has 0 radical (unpaired) electrons. The van der Waals surface area contributed by atoms with Gasteiger partial charge in [-0.2, -0.15) is 4.31 Å². The predicted molar refractivity (Wildman–Crippen MR) is 116 cm³/mol. The SMILES string of the molecule is COC(=O)c1cc(NC(=O)c2cc(S(=O)(=O)N3CCCCC3)ccc2OC)ccc1Cl. The number of hydrogen-bond acceptors (Lipinski definition) is 6. The zero-order chi connectivity index (χ0) is 22.6. The standard InChI is InChI=1S/C21H23ClN2O6S/c1-29-19-9-7-15(31(27,28)24-10-4-3-5-11-24)13-17(19)20(25)23-14-6-8-18(22)16(12-14)21(26)30-2/h6-9,12-13H,3-5,10-11H2,1-2H3,(H,23,25). The van der Waals surface area contributed by atoms with Crippen LogP contribution in [-0.4, -0.2) is 51.9 Å². The van der Waals surface area contributed by atoms with E-state index in [-0.39, 0.29) is 26.8 Å². The lowest BCUT2D eigenvalue weighted by Gasteiger charge is -2.26. The minimum Gasteiger partial charge on any atom is -0.496 e. The summed E-state index contributed by atoms with van der Waals surface area (Å²) in [4.78, 5) is 24.8. The summed E-state index contributed by atoms with van der Waals surface area (Å²) in [6.07, 6.45) is 2.61. The van der Waals surface area contributed by atoms with Gasteiger partial charge in [0.1, 0.15) is 5.75 Å². The highest BCUT2D eigenvalue weighted by atomic mass is 35.5. The van der Waals surface area contributed by atoms with E-state index in [0.29, 0.717) is 18.8 Å². The van der Waals surface area contributed by atoms with Crippen LogP contribution >= 0.6 is 11.6 Å². The van der Waals surface area contributed by atoms with Crippen molar-refractivity contribution in [1.29, 1.82) is 0 Å². The molecule has 1 heterocycles. The van der Waals surface area contributed by atoms with Crippen LogP contribution in [0.2, 0.25) is 5.02 Å². The molecule has 31 heavy (non-hydrogen) atoms. The molecule has 0 spiro atoms. The number of nitrogens with one attached hydrogen (secondary N) is 1. The van der Waals surface area contributed by atoms with Crippen molar-refractivity contribution in [3.63, 3.8) is 0 Å². The van der Waals surface area contributed by atoms with Gasteiger partial charge in [-0.1, -0.05) is 18.0 Å². The molecule has 0 atom stereocenters. The fourth-order valence-electron chi connectivity index (χ4n) is 3.35. The molecule has 10 heteroatoms. The molecule has 1 N–H and O–H groups in total. The third-order valence-corrected chi connectivity index (χ3v) is 7.22. The molecule has 0 unspecified atom stereocenters. The molecular weight excluding hydrogens is 444 g/mol. The number of ether oxygens (including phenoxy) is 2. The molecule has 8 nitrogen and oxygen atoms in total. The van der Waals surface area contributed by atoms with Gasteiger partial charge in [0.25, 0.3) is 5.91 Å². The minimum absolute atomic E-state index is 0.0201. The minimum atomic E-state index is -3.72. The summed E-state index contributed by atoms with van der Waals surface area (Å²) in [5.41, 5.74) is 0.437. The normalized spacial score (nSPS) is 14.7. The van der Waals surface area contributed by atoms with Gasteiger partial charge in [-0.05, 0) is 49.2 Å². The van der Waals surface area contributed by atoms with Crippen LogP contribution in [-0.2, 0) is 14.8 Å². The fourth-order valence-corrected chi connectivity index (χ4v) is 5.09. The first kappa shape index (κ1) is 23.1. The fraction of sp³-hybridized carbons (Fsp3) is 0.333. The number of anilines is 1. The Morgan fingerprint density at radius 1 is 1.00 bits per heavy atom. The zero-order valence-electron chi connectivity index (χ0n) is 17.2. The Hall–Kier alpha value is -2.62. The first-order chi connectivity index (χ1) is 14.8. The van der Waals surface area contributed by atoms with Gasteiger partial charge in [-0.25, -0.2) is 13.2 Å². The van der Waals surface area contributed by atoms with Gasteiger partial charge in [-0.3, -0.25) is 4.79 Å². The number of sulfonamides is 1. The summed E-state index contributed by atoms with van der Waals surface area (Å²) in [7, 11) is -1.11. The maximum atomic E-state index is 13.0. The monoisotopic (exact) mass is 466 g/mol. The maximum Gasteiger partial charge on any atom is 0.339 e. The zero-order valence-corrected chi connectivity index (χ0v) is 18.8. The summed E-state index contributed by atoms with van der Waals surface area (Å²) < 4.78 is 37.4. The molecule has 3 rings (SSSR count). The number of carbonyl (C=O) groups is 2. The topological polar surface area (TPSA) is 102 Å². The summed E-state index contributed by atoms with van der Waals surface area (Å²) in [5, 5.41) is 2.82. The van der Waals surface area contributed by atoms with Crippen LogP contribution in [0.25, 0.3) is 0 Å². The number of rotatable bonds is 6. The highest BCUT2D eigenvalue weighted by Gasteiger charge is 2.27. The number of benzene rings is 2. The van der Waals surface area contributed by atoms with Crippen molar-refractivity contribution in [2.75, 3.05) is 32.6 Å². The van der Waals surface area contributed by atoms with Crippen molar-refractivity contribution < 1.29 is 27.5 Å². The first-order valence-electron chi connectivity index (χ1n) is 9.65. The number of piperidine rings is 1. The Labute approximate surface area is 186 Å². The third kappa shape index (κ3) is 5.00. The van der Waals surface area contributed by atoms with Crippen LogP contribution in [0, 0.1) is 0 Å². The van der Waals surface area contributed by atoms with E-state index in [1.807, 2.05) is 0 Å². The van der Waals surface area contributed by atoms with E-state index in [0.717, 1.165) is 19.3 Å². The number of nitrogens with zero attached hydrogens (tertiary/aromatic N) is 1. The Morgan fingerprint density at radius 2 is 1.71 bits per heavy atom. The average molecular weight is 467 g/mol. The van der Waals surface area contributed by atoms with Gasteiger partial charge in [0.2, 0.25) is 10.0 Å². The second-order valence-electron chi connectivity index (χ2n) is 6.97. The van der Waals surface area contributed by atoms with Crippen LogP contribution in [0.15, 0.2) is 41.3 Å². The second kappa shape index (κ2) is 9.67. The van der Waals surface area contributed by atoms with Gasteiger partial charge in [0.05, 0.1) is 35.3 Å². The van der Waals surface area contributed by atoms with Gasteiger partial charge in [0.15, 0.2) is 0 Å². The van der Waals surface area contributed by atoms with Crippen molar-refractivity contribution in [2.24, 2.45) is 0 Å². The van der Waals surface area contributed by atoms with Crippen molar-refractivity contribution in [2.45, 2.75) is 24.2 Å². The Morgan fingerprint density at radius 3 is 2.35 bits per heavy atom. The largest absolute Gasteiger partial charge is 0.496 e. The van der Waals surface area contributed by atoms with Gasteiger partial charge in [-0.15, -0.1) is 0 Å². The number of methoxy groups -OCH3 is 2. The Bertz CT molecular complexity index is 1100. The van der Waals surface area contributed by atoms with Gasteiger partial charge < -0.3 is 14.8 Å². The molecule has 1 saturated heterocycles. The molecule has 0 aromatic heterocycles. The molecule has 0 aliphatic carbocycles. The number of halogens is 1.